The lowest BCUT2D eigenvalue weighted by molar-refractivity contribution is 0.475. The molecule has 2 rings (SSSR count). The van der Waals surface area contributed by atoms with Crippen LogP contribution in [0.5, 0.6) is 5.75 Å². The van der Waals surface area contributed by atoms with E-state index < -0.39 is 10.0 Å². The van der Waals surface area contributed by atoms with Crippen LogP contribution in [-0.4, -0.2) is 30.1 Å². The van der Waals surface area contributed by atoms with Crippen molar-refractivity contribution in [3.8, 4) is 5.75 Å². The Hall–Kier alpha value is -2.02. The molecule has 1 N–H and O–H groups in total. The number of hydrogen-bond acceptors (Lipinski definition) is 4. The molecule has 0 saturated carbocycles. The summed E-state index contributed by atoms with van der Waals surface area (Å²) >= 11 is 0. The SMILES string of the molecule is CCCn1cc(S(=O)(=O)N(C)c2ccc(O)cc2)nc1C. The predicted molar refractivity (Wildman–Crippen MR) is 81.0 cm³/mol. The average molecular weight is 309 g/mol. The lowest BCUT2D eigenvalue weighted by atomic mass is 10.3. The van der Waals surface area contributed by atoms with Crippen molar-refractivity contribution in [1.82, 2.24) is 9.55 Å². The van der Waals surface area contributed by atoms with Gasteiger partial charge in [-0.15, -0.1) is 0 Å². The third kappa shape index (κ3) is 3.02. The highest BCUT2D eigenvalue weighted by Gasteiger charge is 2.25. The number of hydrogen-bond donors (Lipinski definition) is 1. The zero-order chi connectivity index (χ0) is 15.6. The highest BCUT2D eigenvalue weighted by atomic mass is 32.2. The number of sulfonamides is 1. The van der Waals surface area contributed by atoms with Gasteiger partial charge in [0.2, 0.25) is 0 Å². The molecular formula is C14H19N3O3S. The van der Waals surface area contributed by atoms with Crippen LogP contribution in [0.1, 0.15) is 19.2 Å². The predicted octanol–water partition coefficient (Wildman–Crippen LogP) is 2.13. The van der Waals surface area contributed by atoms with Gasteiger partial charge in [0.25, 0.3) is 10.0 Å². The largest absolute Gasteiger partial charge is 0.508 e. The molecule has 2 aromatic rings. The van der Waals surface area contributed by atoms with Crippen LogP contribution in [0.3, 0.4) is 0 Å². The van der Waals surface area contributed by atoms with Crippen molar-refractivity contribution in [2.75, 3.05) is 11.4 Å². The van der Waals surface area contributed by atoms with Crippen LogP contribution in [0.15, 0.2) is 35.5 Å². The van der Waals surface area contributed by atoms with E-state index in [-0.39, 0.29) is 10.8 Å². The van der Waals surface area contributed by atoms with Crippen LogP contribution in [0.2, 0.25) is 0 Å². The van der Waals surface area contributed by atoms with Crippen molar-refractivity contribution in [2.24, 2.45) is 0 Å². The molecule has 0 radical (unpaired) electrons. The first-order valence-electron chi connectivity index (χ1n) is 6.68. The molecule has 21 heavy (non-hydrogen) atoms. The fraction of sp³-hybridized carbons (Fsp3) is 0.357. The molecule has 0 saturated heterocycles. The number of aromatic nitrogens is 2. The number of aryl methyl sites for hydroxylation is 2. The van der Waals surface area contributed by atoms with Crippen LogP contribution in [-0.2, 0) is 16.6 Å². The molecule has 6 nitrogen and oxygen atoms in total. The van der Waals surface area contributed by atoms with Crippen LogP contribution < -0.4 is 4.31 Å². The Bertz CT molecular complexity index is 720. The first kappa shape index (κ1) is 15.4. The number of imidazole rings is 1. The summed E-state index contributed by atoms with van der Waals surface area (Å²) in [6, 6.07) is 5.98. The second-order valence-electron chi connectivity index (χ2n) is 4.81. The van der Waals surface area contributed by atoms with Gasteiger partial charge in [0, 0.05) is 19.8 Å². The van der Waals surface area contributed by atoms with Crippen LogP contribution in [0.4, 0.5) is 5.69 Å². The minimum absolute atomic E-state index is 0.0315. The molecule has 0 atom stereocenters. The highest BCUT2D eigenvalue weighted by Crippen LogP contribution is 2.23. The Morgan fingerprint density at radius 2 is 1.90 bits per heavy atom. The zero-order valence-corrected chi connectivity index (χ0v) is 13.1. The normalized spacial score (nSPS) is 11.6. The Morgan fingerprint density at radius 1 is 1.29 bits per heavy atom. The third-order valence-corrected chi connectivity index (χ3v) is 4.91. The molecule has 0 aliphatic carbocycles. The standard InChI is InChI=1S/C14H19N3O3S/c1-4-9-17-10-14(15-11(17)2)21(19,20)16(3)12-5-7-13(18)8-6-12/h5-8,10,18H,4,9H2,1-3H3. The van der Waals surface area contributed by atoms with E-state index in [0.29, 0.717) is 11.5 Å². The quantitative estimate of drug-likeness (QED) is 0.918. The summed E-state index contributed by atoms with van der Waals surface area (Å²) in [6.07, 6.45) is 2.47. The van der Waals surface area contributed by atoms with E-state index in [1.165, 1.54) is 19.2 Å². The first-order valence-corrected chi connectivity index (χ1v) is 8.12. The van der Waals surface area contributed by atoms with Crippen molar-refractivity contribution < 1.29 is 13.5 Å². The van der Waals surface area contributed by atoms with Crippen molar-refractivity contribution >= 4 is 15.7 Å². The minimum Gasteiger partial charge on any atom is -0.508 e. The second kappa shape index (κ2) is 5.77. The summed E-state index contributed by atoms with van der Waals surface area (Å²) in [4.78, 5) is 4.15. The van der Waals surface area contributed by atoms with Gasteiger partial charge in [0.05, 0.1) is 5.69 Å². The topological polar surface area (TPSA) is 75.4 Å². The van der Waals surface area contributed by atoms with Gasteiger partial charge >= 0.3 is 0 Å². The summed E-state index contributed by atoms with van der Waals surface area (Å²) in [5, 5.41) is 9.30. The maximum atomic E-state index is 12.6. The van der Waals surface area contributed by atoms with Gasteiger partial charge in [0.15, 0.2) is 5.03 Å². The molecule has 0 fully saturated rings. The number of rotatable bonds is 5. The van der Waals surface area contributed by atoms with Crippen LogP contribution in [0.25, 0.3) is 0 Å². The Labute approximate surface area is 124 Å². The van der Waals surface area contributed by atoms with Crippen molar-refractivity contribution in [1.29, 1.82) is 0 Å². The summed E-state index contributed by atoms with van der Waals surface area (Å²) in [7, 11) is -2.24. The van der Waals surface area contributed by atoms with Gasteiger partial charge in [-0.05, 0) is 37.6 Å². The number of nitrogens with zero attached hydrogens (tertiary/aromatic N) is 3. The molecule has 0 amide bonds. The van der Waals surface area contributed by atoms with Crippen LogP contribution >= 0.6 is 0 Å². The fourth-order valence-corrected chi connectivity index (χ4v) is 3.20. The lowest BCUT2D eigenvalue weighted by Crippen LogP contribution is -2.26. The lowest BCUT2D eigenvalue weighted by Gasteiger charge is -2.17. The number of phenols is 1. The van der Waals surface area contributed by atoms with E-state index >= 15 is 0 Å². The van der Waals surface area contributed by atoms with Gasteiger partial charge in [-0.25, -0.2) is 4.98 Å². The summed E-state index contributed by atoms with van der Waals surface area (Å²) < 4.78 is 28.1. The maximum absolute atomic E-state index is 12.6. The zero-order valence-electron chi connectivity index (χ0n) is 12.3. The molecule has 0 spiro atoms. The summed E-state index contributed by atoms with van der Waals surface area (Å²) in [6.45, 7) is 4.54. The number of phenolic OH excluding ortho intramolecular Hbond substituents is 1. The number of benzene rings is 1. The van der Waals surface area contributed by atoms with E-state index in [2.05, 4.69) is 4.98 Å². The molecule has 7 heteroatoms. The molecular weight excluding hydrogens is 290 g/mol. The molecule has 114 valence electrons. The smallest absolute Gasteiger partial charge is 0.283 e. The fourth-order valence-electron chi connectivity index (χ4n) is 2.01. The Kier molecular flexibility index (Phi) is 4.22. The monoisotopic (exact) mass is 309 g/mol. The van der Waals surface area contributed by atoms with Crippen molar-refractivity contribution in [2.45, 2.75) is 31.8 Å². The molecule has 1 heterocycles. The van der Waals surface area contributed by atoms with Gasteiger partial charge in [-0.1, -0.05) is 6.92 Å². The van der Waals surface area contributed by atoms with E-state index in [4.69, 9.17) is 0 Å². The van der Waals surface area contributed by atoms with Gasteiger partial charge in [0.1, 0.15) is 11.6 Å². The van der Waals surface area contributed by atoms with E-state index in [1.54, 1.807) is 25.3 Å². The average Bonchev–Trinajstić information content (AvgIpc) is 2.81. The van der Waals surface area contributed by atoms with Crippen molar-refractivity contribution in [3.63, 3.8) is 0 Å². The van der Waals surface area contributed by atoms with Crippen molar-refractivity contribution in [3.05, 3.63) is 36.3 Å². The van der Waals surface area contributed by atoms with Gasteiger partial charge in [-0.2, -0.15) is 8.42 Å². The maximum Gasteiger partial charge on any atom is 0.283 e. The Balaban J connectivity index is 2.37. The first-order chi connectivity index (χ1) is 9.86. The Morgan fingerprint density at radius 3 is 2.48 bits per heavy atom. The minimum atomic E-state index is -3.71. The van der Waals surface area contributed by atoms with E-state index in [0.717, 1.165) is 17.3 Å². The number of anilines is 1. The molecule has 0 aliphatic heterocycles. The van der Waals surface area contributed by atoms with Gasteiger partial charge < -0.3 is 9.67 Å². The number of aromatic hydroxyl groups is 1. The highest BCUT2D eigenvalue weighted by molar-refractivity contribution is 7.92. The molecule has 1 aromatic heterocycles. The molecule has 0 bridgehead atoms. The molecule has 0 aliphatic rings. The van der Waals surface area contributed by atoms with Crippen LogP contribution in [0, 0.1) is 6.92 Å². The third-order valence-electron chi connectivity index (χ3n) is 3.26. The summed E-state index contributed by atoms with van der Waals surface area (Å²) in [5.41, 5.74) is 0.468. The molecule has 1 aromatic carbocycles. The van der Waals surface area contributed by atoms with E-state index in [1.807, 2.05) is 11.5 Å². The molecule has 0 unspecified atom stereocenters. The van der Waals surface area contributed by atoms with E-state index in [9.17, 15) is 13.5 Å². The second-order valence-corrected chi connectivity index (χ2v) is 6.72. The summed E-state index contributed by atoms with van der Waals surface area (Å²) in [5.74, 6) is 0.766. The van der Waals surface area contributed by atoms with Gasteiger partial charge in [-0.3, -0.25) is 4.31 Å².